The molecule has 15 heavy (non-hydrogen) atoms. The van der Waals surface area contributed by atoms with Gasteiger partial charge in [-0.2, -0.15) is 0 Å². The van der Waals surface area contributed by atoms with Crippen LogP contribution in [0.15, 0.2) is 24.3 Å². The molecule has 0 radical (unpaired) electrons. The van der Waals surface area contributed by atoms with Crippen molar-refractivity contribution in [1.82, 2.24) is 4.90 Å². The molecule has 2 nitrogen and oxygen atoms in total. The standard InChI is InChI=1S/C12H17FN2/c1-15(9-12(14)5-6-12)8-10-3-2-4-11(13)7-10/h2-4,7H,5-6,8-9,14H2,1H3. The molecule has 1 aromatic carbocycles. The molecule has 0 bridgehead atoms. The van der Waals surface area contributed by atoms with Crippen molar-refractivity contribution in [2.24, 2.45) is 5.73 Å². The lowest BCUT2D eigenvalue weighted by atomic mass is 10.2. The van der Waals surface area contributed by atoms with E-state index in [1.807, 2.05) is 13.1 Å². The second-order valence-corrected chi connectivity index (χ2v) is 4.66. The number of nitrogens with two attached hydrogens (primary N) is 1. The first-order valence-corrected chi connectivity index (χ1v) is 5.29. The van der Waals surface area contributed by atoms with Crippen LogP contribution in [0.1, 0.15) is 18.4 Å². The summed E-state index contributed by atoms with van der Waals surface area (Å²) in [7, 11) is 2.03. The third-order valence-corrected chi connectivity index (χ3v) is 2.82. The second kappa shape index (κ2) is 3.91. The summed E-state index contributed by atoms with van der Waals surface area (Å²) in [6, 6.07) is 6.73. The average Bonchev–Trinajstić information content (AvgIpc) is 2.82. The van der Waals surface area contributed by atoms with Crippen LogP contribution in [0, 0.1) is 5.82 Å². The van der Waals surface area contributed by atoms with Crippen LogP contribution in [0.4, 0.5) is 4.39 Å². The molecule has 1 fully saturated rings. The smallest absolute Gasteiger partial charge is 0.123 e. The first-order chi connectivity index (χ1) is 7.07. The number of nitrogens with zero attached hydrogens (tertiary/aromatic N) is 1. The molecule has 2 rings (SSSR count). The highest BCUT2D eigenvalue weighted by atomic mass is 19.1. The normalized spacial score (nSPS) is 18.1. The molecular formula is C12H17FN2. The van der Waals surface area contributed by atoms with Crippen LogP contribution < -0.4 is 5.73 Å². The van der Waals surface area contributed by atoms with Gasteiger partial charge in [-0.05, 0) is 37.6 Å². The fraction of sp³-hybridized carbons (Fsp3) is 0.500. The van der Waals surface area contributed by atoms with E-state index in [1.54, 1.807) is 12.1 Å². The summed E-state index contributed by atoms with van der Waals surface area (Å²) < 4.78 is 12.9. The Morgan fingerprint density at radius 1 is 1.47 bits per heavy atom. The summed E-state index contributed by atoms with van der Waals surface area (Å²) in [4.78, 5) is 2.15. The molecule has 3 heteroatoms. The van der Waals surface area contributed by atoms with Gasteiger partial charge in [0.2, 0.25) is 0 Å². The molecule has 2 N–H and O–H groups in total. The van der Waals surface area contributed by atoms with Crippen LogP contribution >= 0.6 is 0 Å². The number of rotatable bonds is 4. The van der Waals surface area contributed by atoms with Crippen LogP contribution in [-0.4, -0.2) is 24.0 Å². The van der Waals surface area contributed by atoms with Crippen molar-refractivity contribution in [1.29, 1.82) is 0 Å². The lowest BCUT2D eigenvalue weighted by Crippen LogP contribution is -2.36. The van der Waals surface area contributed by atoms with E-state index in [0.29, 0.717) is 0 Å². The summed E-state index contributed by atoms with van der Waals surface area (Å²) in [5, 5.41) is 0. The molecule has 1 saturated carbocycles. The molecule has 1 aliphatic rings. The van der Waals surface area contributed by atoms with Crippen LogP contribution in [0.25, 0.3) is 0 Å². The summed E-state index contributed by atoms with van der Waals surface area (Å²) in [6.45, 7) is 1.65. The van der Waals surface area contributed by atoms with Crippen LogP contribution in [0.5, 0.6) is 0 Å². The van der Waals surface area contributed by atoms with Gasteiger partial charge in [0.1, 0.15) is 5.82 Å². The first-order valence-electron chi connectivity index (χ1n) is 5.29. The minimum Gasteiger partial charge on any atom is -0.324 e. The Kier molecular flexibility index (Phi) is 2.76. The van der Waals surface area contributed by atoms with Gasteiger partial charge >= 0.3 is 0 Å². The molecule has 0 amide bonds. The number of hydrogen-bond acceptors (Lipinski definition) is 2. The molecular weight excluding hydrogens is 191 g/mol. The van der Waals surface area contributed by atoms with Crippen LogP contribution in [-0.2, 0) is 6.54 Å². The molecule has 0 heterocycles. The van der Waals surface area contributed by atoms with Crippen LogP contribution in [0.2, 0.25) is 0 Å². The van der Waals surface area contributed by atoms with E-state index < -0.39 is 0 Å². The van der Waals surface area contributed by atoms with E-state index in [4.69, 9.17) is 5.73 Å². The number of hydrogen-bond donors (Lipinski definition) is 1. The maximum absolute atomic E-state index is 12.9. The summed E-state index contributed by atoms with van der Waals surface area (Å²) >= 11 is 0. The van der Waals surface area contributed by atoms with Gasteiger partial charge in [-0.1, -0.05) is 12.1 Å². The zero-order chi connectivity index (χ0) is 10.9. The Bertz CT molecular complexity index is 347. The largest absolute Gasteiger partial charge is 0.324 e. The van der Waals surface area contributed by atoms with Crippen molar-refractivity contribution in [3.8, 4) is 0 Å². The maximum Gasteiger partial charge on any atom is 0.123 e. The molecule has 1 aromatic rings. The van der Waals surface area contributed by atoms with Gasteiger partial charge in [0, 0.05) is 18.6 Å². The maximum atomic E-state index is 12.9. The number of halogens is 1. The summed E-state index contributed by atoms with van der Waals surface area (Å²) in [6.07, 6.45) is 2.22. The summed E-state index contributed by atoms with van der Waals surface area (Å²) in [5.41, 5.74) is 7.05. The van der Waals surface area contributed by atoms with Crippen molar-refractivity contribution < 1.29 is 4.39 Å². The highest BCUT2D eigenvalue weighted by Crippen LogP contribution is 2.32. The Balaban J connectivity index is 1.90. The average molecular weight is 208 g/mol. The first kappa shape index (κ1) is 10.6. The molecule has 0 saturated heterocycles. The van der Waals surface area contributed by atoms with E-state index in [-0.39, 0.29) is 11.4 Å². The van der Waals surface area contributed by atoms with Crippen molar-refractivity contribution >= 4 is 0 Å². The Hall–Kier alpha value is -0.930. The second-order valence-electron chi connectivity index (χ2n) is 4.66. The highest BCUT2D eigenvalue weighted by Gasteiger charge is 2.38. The van der Waals surface area contributed by atoms with E-state index in [0.717, 1.165) is 31.5 Å². The third-order valence-electron chi connectivity index (χ3n) is 2.82. The molecule has 0 unspecified atom stereocenters. The monoisotopic (exact) mass is 208 g/mol. The highest BCUT2D eigenvalue weighted by molar-refractivity contribution is 5.16. The van der Waals surface area contributed by atoms with E-state index in [1.165, 1.54) is 6.07 Å². The lowest BCUT2D eigenvalue weighted by molar-refractivity contribution is 0.295. The molecule has 0 atom stereocenters. The molecule has 0 aliphatic heterocycles. The fourth-order valence-corrected chi connectivity index (χ4v) is 1.86. The SMILES string of the molecule is CN(Cc1cccc(F)c1)CC1(N)CC1. The predicted octanol–water partition coefficient (Wildman–Crippen LogP) is 1.75. The number of benzene rings is 1. The van der Waals surface area contributed by atoms with E-state index >= 15 is 0 Å². The van der Waals surface area contributed by atoms with Gasteiger partial charge in [-0.25, -0.2) is 4.39 Å². The van der Waals surface area contributed by atoms with Crippen molar-refractivity contribution in [2.45, 2.75) is 24.9 Å². The van der Waals surface area contributed by atoms with Crippen molar-refractivity contribution in [3.63, 3.8) is 0 Å². The van der Waals surface area contributed by atoms with Crippen molar-refractivity contribution in [3.05, 3.63) is 35.6 Å². The van der Waals surface area contributed by atoms with E-state index in [2.05, 4.69) is 4.90 Å². The minimum atomic E-state index is -0.171. The van der Waals surface area contributed by atoms with Gasteiger partial charge in [-0.15, -0.1) is 0 Å². The molecule has 1 aliphatic carbocycles. The molecule has 0 spiro atoms. The Labute approximate surface area is 89.9 Å². The fourth-order valence-electron chi connectivity index (χ4n) is 1.86. The van der Waals surface area contributed by atoms with Gasteiger partial charge in [0.25, 0.3) is 0 Å². The Morgan fingerprint density at radius 2 is 2.20 bits per heavy atom. The zero-order valence-electron chi connectivity index (χ0n) is 9.04. The minimum absolute atomic E-state index is 0.0298. The predicted molar refractivity (Wildman–Crippen MR) is 58.9 cm³/mol. The Morgan fingerprint density at radius 3 is 2.80 bits per heavy atom. The van der Waals surface area contributed by atoms with E-state index in [9.17, 15) is 4.39 Å². The quantitative estimate of drug-likeness (QED) is 0.816. The zero-order valence-corrected chi connectivity index (χ0v) is 9.04. The topological polar surface area (TPSA) is 29.3 Å². The number of likely N-dealkylation sites (N-methyl/N-ethyl adjacent to an activating group) is 1. The van der Waals surface area contributed by atoms with Gasteiger partial charge in [-0.3, -0.25) is 0 Å². The van der Waals surface area contributed by atoms with Gasteiger partial charge < -0.3 is 10.6 Å². The van der Waals surface area contributed by atoms with Gasteiger partial charge in [0.05, 0.1) is 0 Å². The van der Waals surface area contributed by atoms with Crippen molar-refractivity contribution in [2.75, 3.05) is 13.6 Å². The molecule has 82 valence electrons. The van der Waals surface area contributed by atoms with Crippen LogP contribution in [0.3, 0.4) is 0 Å². The third kappa shape index (κ3) is 3.01. The summed E-state index contributed by atoms with van der Waals surface area (Å²) in [5.74, 6) is -0.171. The van der Waals surface area contributed by atoms with Gasteiger partial charge in [0.15, 0.2) is 0 Å². The molecule has 0 aromatic heterocycles. The lowest BCUT2D eigenvalue weighted by Gasteiger charge is -2.20.